The van der Waals surface area contributed by atoms with Gasteiger partial charge in [0.25, 0.3) is 0 Å². The third-order valence-corrected chi connectivity index (χ3v) is 2.32. The molecule has 2 aromatic rings. The van der Waals surface area contributed by atoms with Crippen molar-refractivity contribution in [2.24, 2.45) is 0 Å². The maximum absolute atomic E-state index is 10.6. The number of aldehydes is 1. The fourth-order valence-electron chi connectivity index (χ4n) is 1.45. The number of ether oxygens (including phenoxy) is 1. The van der Waals surface area contributed by atoms with Gasteiger partial charge in [-0.1, -0.05) is 12.1 Å². The molecule has 0 spiro atoms. The molecule has 1 heterocycles. The van der Waals surface area contributed by atoms with Crippen molar-refractivity contribution in [3.05, 3.63) is 36.0 Å². The lowest BCUT2D eigenvalue weighted by atomic mass is 10.2. The van der Waals surface area contributed by atoms with Gasteiger partial charge in [0.15, 0.2) is 12.1 Å². The fraction of sp³-hybridized carbons (Fsp3) is 0.0833. The van der Waals surface area contributed by atoms with Gasteiger partial charge in [-0.2, -0.15) is 0 Å². The van der Waals surface area contributed by atoms with Gasteiger partial charge in [0, 0.05) is 6.20 Å². The number of rotatable bonds is 3. The third kappa shape index (κ3) is 2.08. The molecule has 0 atom stereocenters. The quantitative estimate of drug-likeness (QED) is 0.808. The number of carbonyl (C=O) groups excluding carboxylic acids is 1. The molecule has 0 bridgehead atoms. The van der Waals surface area contributed by atoms with Gasteiger partial charge in [-0.05, 0) is 12.1 Å². The number of carbonyl (C=O) groups is 1. The highest BCUT2D eigenvalue weighted by molar-refractivity contribution is 5.81. The number of hydrogen-bond acceptors (Lipinski definition) is 5. The molecule has 86 valence electrons. The summed E-state index contributed by atoms with van der Waals surface area (Å²) >= 11 is 0. The number of methoxy groups -OCH3 is 1. The zero-order chi connectivity index (χ0) is 12.3. The van der Waals surface area contributed by atoms with Crippen LogP contribution in [0.15, 0.2) is 30.5 Å². The van der Waals surface area contributed by atoms with E-state index in [1.54, 1.807) is 7.11 Å². The highest BCUT2D eigenvalue weighted by atomic mass is 16.5. The maximum Gasteiger partial charge on any atom is 0.165 e. The van der Waals surface area contributed by atoms with Crippen molar-refractivity contribution in [1.29, 1.82) is 0 Å². The summed E-state index contributed by atoms with van der Waals surface area (Å²) in [6.45, 7) is 0. The van der Waals surface area contributed by atoms with Crippen molar-refractivity contribution in [2.75, 3.05) is 12.8 Å². The van der Waals surface area contributed by atoms with Crippen LogP contribution in [-0.2, 0) is 0 Å². The Morgan fingerprint density at radius 2 is 2.12 bits per heavy atom. The second-order valence-electron chi connectivity index (χ2n) is 3.35. The Bertz CT molecular complexity index is 555. The molecule has 0 aliphatic carbocycles. The molecule has 0 amide bonds. The first-order chi connectivity index (χ1) is 8.26. The lowest BCUT2D eigenvalue weighted by Crippen LogP contribution is -2.01. The number of nitrogens with two attached hydrogens (primary N) is 1. The van der Waals surface area contributed by atoms with Crippen LogP contribution in [0.25, 0.3) is 11.4 Å². The standard InChI is InChI=1S/C12H11N3O2/c1-17-10-5-3-2-4-9(10)12-14-6-8(7-16)11(13)15-12/h2-7H,1H3,(H2,13,14,15). The Morgan fingerprint density at radius 3 is 2.76 bits per heavy atom. The summed E-state index contributed by atoms with van der Waals surface area (Å²) in [5.41, 5.74) is 6.65. The van der Waals surface area contributed by atoms with Crippen LogP contribution < -0.4 is 10.5 Å². The van der Waals surface area contributed by atoms with Gasteiger partial charge in [-0.25, -0.2) is 9.97 Å². The molecule has 0 aliphatic heterocycles. The Labute approximate surface area is 98.3 Å². The second-order valence-corrected chi connectivity index (χ2v) is 3.35. The summed E-state index contributed by atoms with van der Waals surface area (Å²) in [6, 6.07) is 7.34. The minimum absolute atomic E-state index is 0.163. The average Bonchev–Trinajstić information content (AvgIpc) is 2.38. The summed E-state index contributed by atoms with van der Waals surface area (Å²) in [4.78, 5) is 18.8. The Hall–Kier alpha value is -2.43. The van der Waals surface area contributed by atoms with Gasteiger partial charge in [-0.15, -0.1) is 0 Å². The lowest BCUT2D eigenvalue weighted by molar-refractivity contribution is 0.112. The summed E-state index contributed by atoms with van der Waals surface area (Å²) in [5.74, 6) is 1.26. The summed E-state index contributed by atoms with van der Waals surface area (Å²) < 4.78 is 5.21. The molecule has 0 unspecified atom stereocenters. The van der Waals surface area contributed by atoms with Gasteiger partial charge in [0.1, 0.15) is 11.6 Å². The van der Waals surface area contributed by atoms with E-state index in [-0.39, 0.29) is 11.4 Å². The Balaban J connectivity index is 2.53. The van der Waals surface area contributed by atoms with Crippen molar-refractivity contribution in [2.45, 2.75) is 0 Å². The highest BCUT2D eigenvalue weighted by Gasteiger charge is 2.09. The lowest BCUT2D eigenvalue weighted by Gasteiger charge is -2.07. The molecule has 1 aromatic heterocycles. The number of aromatic nitrogens is 2. The smallest absolute Gasteiger partial charge is 0.165 e. The van der Waals surface area contributed by atoms with E-state index in [4.69, 9.17) is 10.5 Å². The van der Waals surface area contributed by atoms with E-state index in [9.17, 15) is 4.79 Å². The summed E-state index contributed by atoms with van der Waals surface area (Å²) in [7, 11) is 1.57. The van der Waals surface area contributed by atoms with Crippen LogP contribution in [0.2, 0.25) is 0 Å². The van der Waals surface area contributed by atoms with Crippen molar-refractivity contribution < 1.29 is 9.53 Å². The molecular formula is C12H11N3O2. The first-order valence-corrected chi connectivity index (χ1v) is 4.97. The third-order valence-electron chi connectivity index (χ3n) is 2.32. The summed E-state index contributed by atoms with van der Waals surface area (Å²) in [5, 5.41) is 0. The van der Waals surface area contributed by atoms with E-state index < -0.39 is 0 Å². The van der Waals surface area contributed by atoms with E-state index in [0.717, 1.165) is 5.56 Å². The van der Waals surface area contributed by atoms with Gasteiger partial charge < -0.3 is 10.5 Å². The fourth-order valence-corrected chi connectivity index (χ4v) is 1.45. The number of anilines is 1. The van der Waals surface area contributed by atoms with Crippen molar-refractivity contribution >= 4 is 12.1 Å². The van der Waals surface area contributed by atoms with Gasteiger partial charge in [-0.3, -0.25) is 4.79 Å². The molecule has 0 aliphatic rings. The van der Waals surface area contributed by atoms with Crippen LogP contribution >= 0.6 is 0 Å². The van der Waals surface area contributed by atoms with Crippen LogP contribution in [0.3, 0.4) is 0 Å². The van der Waals surface area contributed by atoms with Crippen molar-refractivity contribution in [3.8, 4) is 17.1 Å². The minimum Gasteiger partial charge on any atom is -0.496 e. The first kappa shape index (κ1) is 11.1. The molecule has 1 aromatic carbocycles. The Morgan fingerprint density at radius 1 is 1.35 bits per heavy atom. The molecule has 2 N–H and O–H groups in total. The molecule has 0 fully saturated rings. The van der Waals surface area contributed by atoms with Crippen molar-refractivity contribution in [3.63, 3.8) is 0 Å². The SMILES string of the molecule is COc1ccccc1-c1ncc(C=O)c(N)n1. The zero-order valence-corrected chi connectivity index (χ0v) is 9.25. The van der Waals surface area contributed by atoms with E-state index in [1.807, 2.05) is 24.3 Å². The van der Waals surface area contributed by atoms with Crippen LogP contribution in [0, 0.1) is 0 Å². The molecule has 17 heavy (non-hydrogen) atoms. The van der Waals surface area contributed by atoms with Crippen LogP contribution in [0.5, 0.6) is 5.75 Å². The predicted octanol–water partition coefficient (Wildman–Crippen LogP) is 1.55. The van der Waals surface area contributed by atoms with Gasteiger partial charge >= 0.3 is 0 Å². The maximum atomic E-state index is 10.6. The highest BCUT2D eigenvalue weighted by Crippen LogP contribution is 2.27. The van der Waals surface area contributed by atoms with Crippen LogP contribution in [0.1, 0.15) is 10.4 Å². The van der Waals surface area contributed by atoms with Gasteiger partial charge in [0.05, 0.1) is 18.2 Å². The minimum atomic E-state index is 0.163. The van der Waals surface area contributed by atoms with Gasteiger partial charge in [0.2, 0.25) is 0 Å². The number of para-hydroxylation sites is 1. The number of nitrogens with zero attached hydrogens (tertiary/aromatic N) is 2. The number of hydrogen-bond donors (Lipinski definition) is 1. The summed E-state index contributed by atoms with van der Waals surface area (Å²) in [6.07, 6.45) is 2.03. The largest absolute Gasteiger partial charge is 0.496 e. The molecule has 2 rings (SSSR count). The molecule has 5 nitrogen and oxygen atoms in total. The van der Waals surface area contributed by atoms with Crippen LogP contribution in [0.4, 0.5) is 5.82 Å². The molecule has 0 radical (unpaired) electrons. The average molecular weight is 229 g/mol. The first-order valence-electron chi connectivity index (χ1n) is 4.97. The molecular weight excluding hydrogens is 218 g/mol. The van der Waals surface area contributed by atoms with Crippen LogP contribution in [-0.4, -0.2) is 23.4 Å². The normalized spacial score (nSPS) is 9.94. The zero-order valence-electron chi connectivity index (χ0n) is 9.25. The number of nitrogen functional groups attached to an aromatic ring is 1. The topological polar surface area (TPSA) is 78.1 Å². The molecule has 0 saturated carbocycles. The van der Waals surface area contributed by atoms with E-state index in [1.165, 1.54) is 6.20 Å². The number of benzene rings is 1. The van der Waals surface area contributed by atoms with Crippen molar-refractivity contribution in [1.82, 2.24) is 9.97 Å². The van der Waals surface area contributed by atoms with E-state index >= 15 is 0 Å². The van der Waals surface area contributed by atoms with E-state index in [0.29, 0.717) is 17.9 Å². The molecule has 0 saturated heterocycles. The molecule has 5 heteroatoms. The Kier molecular flexibility index (Phi) is 3.00. The second kappa shape index (κ2) is 4.61. The predicted molar refractivity (Wildman–Crippen MR) is 63.8 cm³/mol. The van der Waals surface area contributed by atoms with E-state index in [2.05, 4.69) is 9.97 Å². The monoisotopic (exact) mass is 229 g/mol.